The highest BCUT2D eigenvalue weighted by molar-refractivity contribution is 5.98. The topological polar surface area (TPSA) is 52.7 Å². The molecule has 2 aromatic carbocycles. The smallest absolute Gasteiger partial charge is 0.254 e. The second-order valence-electron chi connectivity index (χ2n) is 9.97. The van der Waals surface area contributed by atoms with Crippen LogP contribution in [0.15, 0.2) is 36.4 Å². The van der Waals surface area contributed by atoms with Crippen molar-refractivity contribution < 1.29 is 14.0 Å². The first-order chi connectivity index (χ1) is 15.9. The Labute approximate surface area is 195 Å². The van der Waals surface area contributed by atoms with E-state index in [0.717, 1.165) is 55.2 Å². The van der Waals surface area contributed by atoms with E-state index in [9.17, 15) is 14.0 Å². The normalized spacial score (nSPS) is 21.3. The lowest BCUT2D eigenvalue weighted by Gasteiger charge is -2.37. The number of fused-ring (bicyclic) bond motifs is 1. The van der Waals surface area contributed by atoms with Crippen molar-refractivity contribution in [3.63, 3.8) is 0 Å². The molecule has 3 aliphatic rings. The molecule has 1 saturated carbocycles. The molecule has 0 spiro atoms. The van der Waals surface area contributed by atoms with Crippen LogP contribution in [0, 0.1) is 5.82 Å². The Morgan fingerprint density at radius 2 is 1.82 bits per heavy atom. The Bertz CT molecular complexity index is 1080. The van der Waals surface area contributed by atoms with Crippen LogP contribution < -0.4 is 5.32 Å². The molecule has 1 saturated heterocycles. The number of benzene rings is 2. The highest BCUT2D eigenvalue weighted by Gasteiger charge is 2.37. The lowest BCUT2D eigenvalue weighted by molar-refractivity contribution is 0.0646. The molecule has 2 fully saturated rings. The highest BCUT2D eigenvalue weighted by atomic mass is 19.1. The van der Waals surface area contributed by atoms with Crippen molar-refractivity contribution in [2.24, 2.45) is 0 Å². The number of rotatable bonds is 5. The van der Waals surface area contributed by atoms with Crippen LogP contribution in [0.1, 0.15) is 65.8 Å². The van der Waals surface area contributed by atoms with E-state index in [2.05, 4.69) is 15.1 Å². The molecule has 2 amide bonds. The minimum absolute atomic E-state index is 0.0106. The monoisotopic (exact) mass is 449 g/mol. The molecule has 2 heterocycles. The first kappa shape index (κ1) is 22.1. The lowest BCUT2D eigenvalue weighted by atomic mass is 9.91. The third-order valence-electron chi connectivity index (χ3n) is 7.41. The van der Waals surface area contributed by atoms with Gasteiger partial charge in [0.05, 0.1) is 0 Å². The number of hydrogen-bond donors (Lipinski definition) is 1. The summed E-state index contributed by atoms with van der Waals surface area (Å²) in [6.45, 7) is 6.54. The molecule has 0 aromatic heterocycles. The summed E-state index contributed by atoms with van der Waals surface area (Å²) in [6.07, 6.45) is 5.76. The molecule has 5 nitrogen and oxygen atoms in total. The lowest BCUT2D eigenvalue weighted by Crippen LogP contribution is -2.47. The fraction of sp³-hybridized carbons (Fsp3) is 0.481. The zero-order chi connectivity index (χ0) is 23.1. The number of halogens is 1. The fourth-order valence-corrected chi connectivity index (χ4v) is 5.36. The van der Waals surface area contributed by atoms with E-state index in [4.69, 9.17) is 0 Å². The maximum atomic E-state index is 14.9. The van der Waals surface area contributed by atoms with Gasteiger partial charge in [0.15, 0.2) is 0 Å². The summed E-state index contributed by atoms with van der Waals surface area (Å²) >= 11 is 0. The minimum atomic E-state index is -0.433. The summed E-state index contributed by atoms with van der Waals surface area (Å²) in [5.74, 6) is -0.615. The molecule has 1 atom stereocenters. The number of carbonyl (C=O) groups is 2. The first-order valence-corrected chi connectivity index (χ1v) is 12.2. The summed E-state index contributed by atoms with van der Waals surface area (Å²) in [7, 11) is 0. The fourth-order valence-electron chi connectivity index (χ4n) is 5.36. The molecule has 0 unspecified atom stereocenters. The Kier molecular flexibility index (Phi) is 5.95. The molecule has 1 N–H and O–H groups in total. The Balaban J connectivity index is 1.32. The first-order valence-electron chi connectivity index (χ1n) is 12.2. The van der Waals surface area contributed by atoms with Gasteiger partial charge in [0.2, 0.25) is 0 Å². The number of hydrogen-bond acceptors (Lipinski definition) is 3. The van der Waals surface area contributed by atoms with E-state index in [0.29, 0.717) is 17.2 Å². The SMILES string of the molecule is CC(C)NC(=O)c1ccc(-c2ccc3c(c2)CCN([C@@H]2CCN(C4CCC4)C2)C3=O)c(F)c1. The van der Waals surface area contributed by atoms with Gasteiger partial charge in [-0.2, -0.15) is 0 Å². The van der Waals surface area contributed by atoms with Crippen molar-refractivity contribution in [1.29, 1.82) is 0 Å². The molecule has 2 aromatic rings. The predicted octanol–water partition coefficient (Wildman–Crippen LogP) is 4.26. The summed E-state index contributed by atoms with van der Waals surface area (Å²) in [4.78, 5) is 30.1. The van der Waals surface area contributed by atoms with Gasteiger partial charge in [-0.15, -0.1) is 0 Å². The van der Waals surface area contributed by atoms with Crippen LogP contribution in [0.2, 0.25) is 0 Å². The summed E-state index contributed by atoms with van der Waals surface area (Å²) in [5.41, 5.74) is 3.20. The van der Waals surface area contributed by atoms with E-state index < -0.39 is 5.82 Å². The average molecular weight is 450 g/mol. The van der Waals surface area contributed by atoms with E-state index in [1.54, 1.807) is 12.1 Å². The third kappa shape index (κ3) is 4.29. The maximum Gasteiger partial charge on any atom is 0.254 e. The Hall–Kier alpha value is -2.73. The van der Waals surface area contributed by atoms with Crippen LogP contribution >= 0.6 is 0 Å². The molecule has 1 aliphatic carbocycles. The molecular formula is C27H32FN3O2. The van der Waals surface area contributed by atoms with E-state index in [1.165, 1.54) is 25.3 Å². The number of amides is 2. The third-order valence-corrected chi connectivity index (χ3v) is 7.41. The highest BCUT2D eigenvalue weighted by Crippen LogP contribution is 2.33. The molecule has 6 heteroatoms. The van der Waals surface area contributed by atoms with Gasteiger partial charge in [-0.05, 0) is 68.9 Å². The van der Waals surface area contributed by atoms with Crippen molar-refractivity contribution >= 4 is 11.8 Å². The molecule has 5 rings (SSSR count). The van der Waals surface area contributed by atoms with Crippen molar-refractivity contribution in [3.05, 3.63) is 58.9 Å². The van der Waals surface area contributed by atoms with Crippen molar-refractivity contribution in [2.75, 3.05) is 19.6 Å². The standard InChI is InChI=1S/C27H32FN3O2/c1-17(2)29-26(32)20-7-8-23(25(28)15-20)18-6-9-24-19(14-18)10-13-31(27(24)33)22-11-12-30(16-22)21-4-3-5-21/h6-9,14-15,17,21-22H,3-5,10-13,16H2,1-2H3,(H,29,32)/t22-/m1/s1. The van der Waals surface area contributed by atoms with Gasteiger partial charge >= 0.3 is 0 Å². The molecule has 0 radical (unpaired) electrons. The number of carbonyl (C=O) groups excluding carboxylic acids is 2. The van der Waals surface area contributed by atoms with Crippen LogP contribution in [0.25, 0.3) is 11.1 Å². The largest absolute Gasteiger partial charge is 0.350 e. The number of nitrogens with zero attached hydrogens (tertiary/aromatic N) is 2. The zero-order valence-corrected chi connectivity index (χ0v) is 19.4. The van der Waals surface area contributed by atoms with Crippen LogP contribution in [-0.4, -0.2) is 59.4 Å². The van der Waals surface area contributed by atoms with E-state index in [-0.39, 0.29) is 17.9 Å². The molecule has 33 heavy (non-hydrogen) atoms. The van der Waals surface area contributed by atoms with Gasteiger partial charge < -0.3 is 10.2 Å². The van der Waals surface area contributed by atoms with Gasteiger partial charge in [0.25, 0.3) is 11.8 Å². The summed E-state index contributed by atoms with van der Waals surface area (Å²) in [6, 6.07) is 11.2. The Morgan fingerprint density at radius 3 is 2.52 bits per heavy atom. The van der Waals surface area contributed by atoms with Crippen LogP contribution in [0.3, 0.4) is 0 Å². The number of nitrogens with one attached hydrogen (secondary N) is 1. The van der Waals surface area contributed by atoms with Crippen LogP contribution in [0.5, 0.6) is 0 Å². The van der Waals surface area contributed by atoms with Crippen LogP contribution in [-0.2, 0) is 6.42 Å². The maximum absolute atomic E-state index is 14.9. The average Bonchev–Trinajstić information content (AvgIpc) is 3.21. The Morgan fingerprint density at radius 1 is 1.03 bits per heavy atom. The van der Waals surface area contributed by atoms with Gasteiger partial charge in [-0.3, -0.25) is 14.5 Å². The van der Waals surface area contributed by atoms with Crippen LogP contribution in [0.4, 0.5) is 4.39 Å². The second-order valence-corrected chi connectivity index (χ2v) is 9.97. The predicted molar refractivity (Wildman–Crippen MR) is 127 cm³/mol. The zero-order valence-electron chi connectivity index (χ0n) is 19.4. The molecule has 2 aliphatic heterocycles. The van der Waals surface area contributed by atoms with E-state index in [1.807, 2.05) is 32.0 Å². The van der Waals surface area contributed by atoms with Gasteiger partial charge in [-0.1, -0.05) is 24.6 Å². The van der Waals surface area contributed by atoms with Gasteiger partial charge in [0, 0.05) is 54.5 Å². The summed E-state index contributed by atoms with van der Waals surface area (Å²) < 4.78 is 14.9. The molecular weight excluding hydrogens is 417 g/mol. The minimum Gasteiger partial charge on any atom is -0.350 e. The van der Waals surface area contributed by atoms with Gasteiger partial charge in [0.1, 0.15) is 5.82 Å². The quantitative estimate of drug-likeness (QED) is 0.742. The molecule has 174 valence electrons. The van der Waals surface area contributed by atoms with Gasteiger partial charge in [-0.25, -0.2) is 4.39 Å². The van der Waals surface area contributed by atoms with E-state index >= 15 is 0 Å². The van der Waals surface area contributed by atoms with Crippen molar-refractivity contribution in [1.82, 2.24) is 15.1 Å². The molecule has 0 bridgehead atoms. The van der Waals surface area contributed by atoms with Crippen molar-refractivity contribution in [2.45, 2.75) is 64.1 Å². The summed E-state index contributed by atoms with van der Waals surface area (Å²) in [5, 5.41) is 2.78. The number of likely N-dealkylation sites (tertiary alicyclic amines) is 1. The second kappa shape index (κ2) is 8.90. The van der Waals surface area contributed by atoms with Crippen molar-refractivity contribution in [3.8, 4) is 11.1 Å².